The number of hydrogen-bond acceptors (Lipinski definition) is 3. The standard InChI is InChI=1S/C12H11BrFN3/c1-15-9-4-10(7-16-6-9)17-8-2-3-12(14)11(13)5-8/h2-7,15,17H,1H3. The van der Waals surface area contributed by atoms with Gasteiger partial charge in [-0.2, -0.15) is 0 Å². The summed E-state index contributed by atoms with van der Waals surface area (Å²) in [5.74, 6) is -0.280. The molecule has 0 radical (unpaired) electrons. The Morgan fingerprint density at radius 2 is 1.88 bits per heavy atom. The normalized spacial score (nSPS) is 10.1. The first-order chi connectivity index (χ1) is 8.19. The SMILES string of the molecule is CNc1cncc(Nc2ccc(F)c(Br)c2)c1. The lowest BCUT2D eigenvalue weighted by molar-refractivity contribution is 0.621. The minimum Gasteiger partial charge on any atom is -0.387 e. The van der Waals surface area contributed by atoms with Gasteiger partial charge in [-0.05, 0) is 40.2 Å². The highest BCUT2D eigenvalue weighted by molar-refractivity contribution is 9.10. The molecule has 1 heterocycles. The summed E-state index contributed by atoms with van der Waals surface area (Å²) in [7, 11) is 1.83. The molecule has 0 fully saturated rings. The van der Waals surface area contributed by atoms with Gasteiger partial charge >= 0.3 is 0 Å². The predicted molar refractivity (Wildman–Crippen MR) is 71.2 cm³/mol. The smallest absolute Gasteiger partial charge is 0.137 e. The van der Waals surface area contributed by atoms with E-state index in [1.807, 2.05) is 13.1 Å². The van der Waals surface area contributed by atoms with Crippen LogP contribution in [0, 0.1) is 5.82 Å². The van der Waals surface area contributed by atoms with Crippen LogP contribution >= 0.6 is 15.9 Å². The lowest BCUT2D eigenvalue weighted by atomic mass is 10.3. The number of anilines is 3. The van der Waals surface area contributed by atoms with E-state index in [9.17, 15) is 4.39 Å². The lowest BCUT2D eigenvalue weighted by Crippen LogP contribution is -1.94. The maximum absolute atomic E-state index is 13.1. The second-order valence-corrected chi connectivity index (χ2v) is 4.32. The van der Waals surface area contributed by atoms with E-state index in [1.54, 1.807) is 24.5 Å². The van der Waals surface area contributed by atoms with Gasteiger partial charge in [0.05, 0.1) is 28.2 Å². The molecule has 0 aliphatic carbocycles. The van der Waals surface area contributed by atoms with Gasteiger partial charge in [0, 0.05) is 12.7 Å². The molecule has 0 amide bonds. The molecule has 0 aliphatic rings. The van der Waals surface area contributed by atoms with Crippen LogP contribution < -0.4 is 10.6 Å². The van der Waals surface area contributed by atoms with Crippen LogP contribution in [0.3, 0.4) is 0 Å². The Morgan fingerprint density at radius 1 is 1.12 bits per heavy atom. The van der Waals surface area contributed by atoms with Crippen LogP contribution in [0.15, 0.2) is 41.1 Å². The number of rotatable bonds is 3. The minimum atomic E-state index is -0.280. The van der Waals surface area contributed by atoms with Crippen LogP contribution in [0.2, 0.25) is 0 Å². The molecule has 1 aromatic heterocycles. The molecule has 2 aromatic rings. The van der Waals surface area contributed by atoms with Gasteiger partial charge in [0.1, 0.15) is 5.82 Å². The summed E-state index contributed by atoms with van der Waals surface area (Å²) in [6.07, 6.45) is 3.43. The van der Waals surface area contributed by atoms with Crippen LogP contribution in [0.25, 0.3) is 0 Å². The maximum atomic E-state index is 13.1. The van der Waals surface area contributed by atoms with E-state index in [4.69, 9.17) is 0 Å². The molecule has 0 atom stereocenters. The van der Waals surface area contributed by atoms with Crippen LogP contribution in [0.4, 0.5) is 21.5 Å². The van der Waals surface area contributed by atoms with E-state index in [2.05, 4.69) is 31.5 Å². The number of aromatic nitrogens is 1. The Morgan fingerprint density at radius 3 is 2.59 bits per heavy atom. The molecular weight excluding hydrogens is 285 g/mol. The zero-order chi connectivity index (χ0) is 12.3. The molecule has 0 spiro atoms. The molecule has 1 aromatic carbocycles. The lowest BCUT2D eigenvalue weighted by Gasteiger charge is -2.08. The van der Waals surface area contributed by atoms with Crippen molar-refractivity contribution in [2.75, 3.05) is 17.7 Å². The largest absolute Gasteiger partial charge is 0.387 e. The molecule has 0 saturated heterocycles. The van der Waals surface area contributed by atoms with E-state index in [0.29, 0.717) is 4.47 Å². The fourth-order valence-corrected chi connectivity index (χ4v) is 1.76. The van der Waals surface area contributed by atoms with Crippen molar-refractivity contribution in [3.63, 3.8) is 0 Å². The Bertz CT molecular complexity index is 531. The van der Waals surface area contributed by atoms with Crippen molar-refractivity contribution in [1.82, 2.24) is 4.98 Å². The Labute approximate surface area is 107 Å². The van der Waals surface area contributed by atoms with Crippen LogP contribution in [0.5, 0.6) is 0 Å². The Hall–Kier alpha value is -1.62. The highest BCUT2D eigenvalue weighted by atomic mass is 79.9. The first-order valence-corrected chi connectivity index (χ1v) is 5.83. The molecule has 0 saturated carbocycles. The van der Waals surface area contributed by atoms with Gasteiger partial charge in [-0.3, -0.25) is 4.98 Å². The molecule has 17 heavy (non-hydrogen) atoms. The van der Waals surface area contributed by atoms with Gasteiger partial charge in [0.2, 0.25) is 0 Å². The van der Waals surface area contributed by atoms with Crippen LogP contribution in [0.1, 0.15) is 0 Å². The number of nitrogens with zero attached hydrogens (tertiary/aromatic N) is 1. The van der Waals surface area contributed by atoms with Gasteiger partial charge in [-0.25, -0.2) is 4.39 Å². The predicted octanol–water partition coefficient (Wildman–Crippen LogP) is 3.77. The molecule has 2 N–H and O–H groups in total. The third kappa shape index (κ3) is 2.94. The van der Waals surface area contributed by atoms with Gasteiger partial charge in [-0.15, -0.1) is 0 Å². The topological polar surface area (TPSA) is 37.0 Å². The number of halogens is 2. The van der Waals surface area contributed by atoms with Crippen molar-refractivity contribution in [3.8, 4) is 0 Å². The van der Waals surface area contributed by atoms with E-state index < -0.39 is 0 Å². The fraction of sp³-hybridized carbons (Fsp3) is 0.0833. The van der Waals surface area contributed by atoms with Gasteiger partial charge in [-0.1, -0.05) is 0 Å². The van der Waals surface area contributed by atoms with E-state index in [0.717, 1.165) is 17.1 Å². The monoisotopic (exact) mass is 295 g/mol. The Kier molecular flexibility index (Phi) is 3.58. The summed E-state index contributed by atoms with van der Waals surface area (Å²) >= 11 is 3.14. The summed E-state index contributed by atoms with van der Waals surface area (Å²) in [5.41, 5.74) is 2.56. The number of hydrogen-bond donors (Lipinski definition) is 2. The van der Waals surface area contributed by atoms with Gasteiger partial charge in [0.15, 0.2) is 0 Å². The number of pyridine rings is 1. The molecule has 0 aliphatic heterocycles. The molecule has 0 unspecified atom stereocenters. The molecular formula is C12H11BrFN3. The fourth-order valence-electron chi connectivity index (χ4n) is 1.39. The van der Waals surface area contributed by atoms with Crippen LogP contribution in [-0.4, -0.2) is 12.0 Å². The molecule has 0 bridgehead atoms. The van der Waals surface area contributed by atoms with Crippen molar-refractivity contribution in [1.29, 1.82) is 0 Å². The highest BCUT2D eigenvalue weighted by Crippen LogP contribution is 2.23. The molecule has 5 heteroatoms. The minimum absolute atomic E-state index is 0.280. The second kappa shape index (κ2) is 5.14. The molecule has 3 nitrogen and oxygen atoms in total. The first-order valence-electron chi connectivity index (χ1n) is 5.04. The van der Waals surface area contributed by atoms with E-state index in [-0.39, 0.29) is 5.82 Å². The van der Waals surface area contributed by atoms with E-state index in [1.165, 1.54) is 6.07 Å². The third-order valence-electron chi connectivity index (χ3n) is 2.24. The zero-order valence-electron chi connectivity index (χ0n) is 9.17. The second-order valence-electron chi connectivity index (χ2n) is 3.47. The Balaban J connectivity index is 2.22. The molecule has 2 rings (SSSR count). The highest BCUT2D eigenvalue weighted by Gasteiger charge is 2.01. The summed E-state index contributed by atoms with van der Waals surface area (Å²) < 4.78 is 13.5. The first kappa shape index (κ1) is 11.9. The summed E-state index contributed by atoms with van der Waals surface area (Å²) in [6, 6.07) is 6.68. The van der Waals surface area contributed by atoms with Crippen LogP contribution in [-0.2, 0) is 0 Å². The average molecular weight is 296 g/mol. The molecule has 88 valence electrons. The summed E-state index contributed by atoms with van der Waals surface area (Å²) in [5, 5.41) is 6.15. The van der Waals surface area contributed by atoms with Crippen molar-refractivity contribution < 1.29 is 4.39 Å². The van der Waals surface area contributed by atoms with Crippen molar-refractivity contribution >= 4 is 33.0 Å². The van der Waals surface area contributed by atoms with Crippen molar-refractivity contribution in [2.45, 2.75) is 0 Å². The van der Waals surface area contributed by atoms with E-state index >= 15 is 0 Å². The van der Waals surface area contributed by atoms with Gasteiger partial charge in [0.25, 0.3) is 0 Å². The van der Waals surface area contributed by atoms with Gasteiger partial charge < -0.3 is 10.6 Å². The quantitative estimate of drug-likeness (QED) is 0.905. The number of benzene rings is 1. The number of nitrogens with one attached hydrogen (secondary N) is 2. The van der Waals surface area contributed by atoms with Crippen molar-refractivity contribution in [3.05, 3.63) is 46.9 Å². The summed E-state index contributed by atoms with van der Waals surface area (Å²) in [6.45, 7) is 0. The average Bonchev–Trinajstić information content (AvgIpc) is 2.34. The zero-order valence-corrected chi connectivity index (χ0v) is 10.8. The van der Waals surface area contributed by atoms with Crippen molar-refractivity contribution in [2.24, 2.45) is 0 Å². The third-order valence-corrected chi connectivity index (χ3v) is 2.84. The summed E-state index contributed by atoms with van der Waals surface area (Å²) in [4.78, 5) is 4.08. The maximum Gasteiger partial charge on any atom is 0.137 e.